The van der Waals surface area contributed by atoms with Gasteiger partial charge in [0, 0.05) is 14.1 Å². The van der Waals surface area contributed by atoms with E-state index in [2.05, 4.69) is 31.8 Å². The maximum Gasteiger partial charge on any atom is 0.329 e. The molecule has 3 amide bonds. The number of rotatable bonds is 9. The summed E-state index contributed by atoms with van der Waals surface area (Å²) in [6, 6.07) is 6.66. The first-order chi connectivity index (χ1) is 14.8. The fraction of sp³-hybridized carbons (Fsp3) is 0.300. The van der Waals surface area contributed by atoms with Crippen LogP contribution in [0.1, 0.15) is 18.2 Å². The molecule has 0 bridgehead atoms. The number of hydrazone groups is 1. The van der Waals surface area contributed by atoms with E-state index in [1.807, 2.05) is 6.92 Å². The molecule has 0 saturated heterocycles. The van der Waals surface area contributed by atoms with Crippen LogP contribution in [0.3, 0.4) is 0 Å². The second-order valence-corrected chi connectivity index (χ2v) is 7.16. The lowest BCUT2D eigenvalue weighted by Crippen LogP contribution is -2.37. The first kappa shape index (κ1) is 23.9. The number of ether oxygens (including phenoxy) is 2. The average molecular weight is 495 g/mol. The zero-order valence-corrected chi connectivity index (χ0v) is 18.9. The first-order valence-corrected chi connectivity index (χ1v) is 10.0. The molecule has 0 spiro atoms. The van der Waals surface area contributed by atoms with Gasteiger partial charge in [-0.25, -0.2) is 5.43 Å². The number of furan rings is 1. The molecule has 10 nitrogen and oxygen atoms in total. The minimum absolute atomic E-state index is 0.0887. The normalized spacial score (nSPS) is 10.6. The molecule has 31 heavy (non-hydrogen) atoms. The molecule has 0 fully saturated rings. The summed E-state index contributed by atoms with van der Waals surface area (Å²) in [4.78, 5) is 36.8. The van der Waals surface area contributed by atoms with E-state index in [1.165, 1.54) is 17.4 Å². The van der Waals surface area contributed by atoms with E-state index in [1.54, 1.807) is 38.4 Å². The largest absolute Gasteiger partial charge is 0.490 e. The van der Waals surface area contributed by atoms with Crippen molar-refractivity contribution < 1.29 is 28.3 Å². The summed E-state index contributed by atoms with van der Waals surface area (Å²) in [6.45, 7) is 2.12. The SMILES string of the molecule is CCOc1cc(/C=N/NC(=O)C(=O)NCc2ccco2)cc(Br)c1OCC(=O)N(C)C. The van der Waals surface area contributed by atoms with Crippen LogP contribution >= 0.6 is 15.9 Å². The second-order valence-electron chi connectivity index (χ2n) is 6.30. The number of hydrogen-bond acceptors (Lipinski definition) is 7. The van der Waals surface area contributed by atoms with Gasteiger partial charge in [-0.15, -0.1) is 0 Å². The third-order valence-corrected chi connectivity index (χ3v) is 4.35. The van der Waals surface area contributed by atoms with Crippen molar-refractivity contribution in [3.05, 3.63) is 46.3 Å². The quantitative estimate of drug-likeness (QED) is 0.310. The number of benzene rings is 1. The van der Waals surface area contributed by atoms with Crippen LogP contribution in [0, 0.1) is 0 Å². The molecule has 1 aromatic carbocycles. The molecule has 2 aromatic rings. The van der Waals surface area contributed by atoms with Crippen LogP contribution < -0.4 is 20.2 Å². The van der Waals surface area contributed by atoms with Gasteiger partial charge in [-0.2, -0.15) is 5.10 Å². The van der Waals surface area contributed by atoms with Crippen LogP contribution in [0.2, 0.25) is 0 Å². The van der Waals surface area contributed by atoms with Crippen molar-refractivity contribution in [2.75, 3.05) is 27.3 Å². The van der Waals surface area contributed by atoms with Crippen LogP contribution in [-0.4, -0.2) is 56.1 Å². The van der Waals surface area contributed by atoms with Crippen molar-refractivity contribution in [1.82, 2.24) is 15.6 Å². The van der Waals surface area contributed by atoms with Crippen LogP contribution in [-0.2, 0) is 20.9 Å². The molecule has 0 atom stereocenters. The molecular weight excluding hydrogens is 472 g/mol. The molecule has 1 aromatic heterocycles. The van der Waals surface area contributed by atoms with Gasteiger partial charge in [0.05, 0.1) is 30.1 Å². The molecule has 0 radical (unpaired) electrons. The van der Waals surface area contributed by atoms with Crippen LogP contribution in [0.25, 0.3) is 0 Å². The summed E-state index contributed by atoms with van der Waals surface area (Å²) in [5, 5.41) is 6.20. The third kappa shape index (κ3) is 7.45. The number of halogens is 1. The van der Waals surface area contributed by atoms with E-state index in [9.17, 15) is 14.4 Å². The Morgan fingerprint density at radius 3 is 2.65 bits per heavy atom. The Morgan fingerprint density at radius 1 is 1.23 bits per heavy atom. The summed E-state index contributed by atoms with van der Waals surface area (Å²) in [5.74, 6) is -0.684. The molecule has 166 valence electrons. The van der Waals surface area contributed by atoms with Crippen molar-refractivity contribution in [3.8, 4) is 11.5 Å². The molecule has 2 rings (SSSR count). The number of nitrogens with zero attached hydrogens (tertiary/aromatic N) is 2. The summed E-state index contributed by atoms with van der Waals surface area (Å²) in [5.41, 5.74) is 2.72. The second kappa shape index (κ2) is 11.7. The van der Waals surface area contributed by atoms with Gasteiger partial charge in [-0.05, 0) is 52.7 Å². The zero-order valence-electron chi connectivity index (χ0n) is 17.3. The lowest BCUT2D eigenvalue weighted by molar-refractivity contribution is -0.139. The number of nitrogens with one attached hydrogen (secondary N) is 2. The predicted octanol–water partition coefficient (Wildman–Crippen LogP) is 1.67. The molecule has 1 heterocycles. The van der Waals surface area contributed by atoms with Crippen LogP contribution in [0.5, 0.6) is 11.5 Å². The number of likely N-dealkylation sites (N-methyl/N-ethyl adjacent to an activating group) is 1. The van der Waals surface area contributed by atoms with E-state index in [-0.39, 0.29) is 19.1 Å². The molecule has 0 unspecified atom stereocenters. The summed E-state index contributed by atoms with van der Waals surface area (Å²) in [7, 11) is 3.27. The van der Waals surface area contributed by atoms with Gasteiger partial charge in [0.15, 0.2) is 18.1 Å². The smallest absolute Gasteiger partial charge is 0.329 e. The van der Waals surface area contributed by atoms with Gasteiger partial charge in [0.25, 0.3) is 5.91 Å². The molecule has 0 aliphatic heterocycles. The molecule has 0 aliphatic rings. The third-order valence-electron chi connectivity index (χ3n) is 3.76. The summed E-state index contributed by atoms with van der Waals surface area (Å²) in [6.07, 6.45) is 2.82. The number of carbonyl (C=O) groups excluding carboxylic acids is 3. The first-order valence-electron chi connectivity index (χ1n) is 9.24. The average Bonchev–Trinajstić information content (AvgIpc) is 3.25. The topological polar surface area (TPSA) is 122 Å². The highest BCUT2D eigenvalue weighted by molar-refractivity contribution is 9.10. The fourth-order valence-electron chi connectivity index (χ4n) is 2.21. The van der Waals surface area contributed by atoms with E-state index in [4.69, 9.17) is 13.9 Å². The molecule has 11 heteroatoms. The minimum atomic E-state index is -0.922. The van der Waals surface area contributed by atoms with E-state index < -0.39 is 11.8 Å². The Bertz CT molecular complexity index is 943. The molecular formula is C20H23BrN4O6. The van der Waals surface area contributed by atoms with E-state index in [0.717, 1.165) is 0 Å². The Hall–Kier alpha value is -3.34. The highest BCUT2D eigenvalue weighted by Gasteiger charge is 2.15. The fourth-order valence-corrected chi connectivity index (χ4v) is 2.78. The maximum atomic E-state index is 11.8. The number of carbonyl (C=O) groups is 3. The molecule has 0 aliphatic carbocycles. The zero-order chi connectivity index (χ0) is 22.8. The van der Waals surface area contributed by atoms with Crippen molar-refractivity contribution in [2.24, 2.45) is 5.10 Å². The standard InChI is InChI=1S/C20H23BrN4O6/c1-4-29-16-9-13(8-15(21)18(16)31-12-17(26)25(2)3)10-23-24-20(28)19(27)22-11-14-6-5-7-30-14/h5-10H,4,11-12H2,1-3H3,(H,22,27)(H,24,28)/b23-10+. The molecule has 2 N–H and O–H groups in total. The lowest BCUT2D eigenvalue weighted by Gasteiger charge is -2.16. The van der Waals surface area contributed by atoms with Gasteiger partial charge in [-0.1, -0.05) is 0 Å². The van der Waals surface area contributed by atoms with Crippen molar-refractivity contribution in [1.29, 1.82) is 0 Å². The van der Waals surface area contributed by atoms with Gasteiger partial charge >= 0.3 is 11.8 Å². The van der Waals surface area contributed by atoms with Gasteiger partial charge in [0.1, 0.15) is 5.76 Å². The number of hydrogen-bond donors (Lipinski definition) is 2. The highest BCUT2D eigenvalue weighted by Crippen LogP contribution is 2.36. The van der Waals surface area contributed by atoms with Gasteiger partial charge in [-0.3, -0.25) is 14.4 Å². The Balaban J connectivity index is 1.99. The van der Waals surface area contributed by atoms with E-state index >= 15 is 0 Å². The monoisotopic (exact) mass is 494 g/mol. The Labute approximate surface area is 187 Å². The van der Waals surface area contributed by atoms with Crippen molar-refractivity contribution in [2.45, 2.75) is 13.5 Å². The highest BCUT2D eigenvalue weighted by atomic mass is 79.9. The predicted molar refractivity (Wildman–Crippen MR) is 116 cm³/mol. The Kier molecular flexibility index (Phi) is 9.07. The van der Waals surface area contributed by atoms with E-state index in [0.29, 0.717) is 33.9 Å². The van der Waals surface area contributed by atoms with Gasteiger partial charge in [0.2, 0.25) is 0 Å². The van der Waals surface area contributed by atoms with Crippen molar-refractivity contribution in [3.63, 3.8) is 0 Å². The van der Waals surface area contributed by atoms with Crippen LogP contribution in [0.4, 0.5) is 0 Å². The summed E-state index contributed by atoms with van der Waals surface area (Å²) < 4.78 is 16.8. The van der Waals surface area contributed by atoms with Crippen molar-refractivity contribution >= 4 is 39.9 Å². The Morgan fingerprint density at radius 2 is 2.00 bits per heavy atom. The summed E-state index contributed by atoms with van der Waals surface area (Å²) >= 11 is 3.39. The van der Waals surface area contributed by atoms with Gasteiger partial charge < -0.3 is 24.1 Å². The van der Waals surface area contributed by atoms with Crippen LogP contribution in [0.15, 0.2) is 44.5 Å². The lowest BCUT2D eigenvalue weighted by atomic mass is 10.2. The molecule has 0 saturated carbocycles. The minimum Gasteiger partial charge on any atom is -0.490 e. The number of amides is 3. The maximum absolute atomic E-state index is 11.8.